The van der Waals surface area contributed by atoms with E-state index in [2.05, 4.69) is 0 Å². The standard InChI is InChI=1S/C11H13N3O2/c12-8-2-1-3-9(5-8)14-6-7(11(13)16)4-10(14)15/h1-3,5,7H,4,6,12H2,(H2,13,16). The second-order valence-electron chi connectivity index (χ2n) is 3.90. The first-order valence-corrected chi connectivity index (χ1v) is 5.03. The molecule has 1 heterocycles. The van der Waals surface area contributed by atoms with Crippen LogP contribution in [0.15, 0.2) is 24.3 Å². The van der Waals surface area contributed by atoms with Crippen molar-refractivity contribution in [3.05, 3.63) is 24.3 Å². The third kappa shape index (κ3) is 1.84. The molecule has 0 bridgehead atoms. The minimum absolute atomic E-state index is 0.0885. The number of hydrogen-bond acceptors (Lipinski definition) is 3. The molecule has 1 aliphatic rings. The van der Waals surface area contributed by atoms with Crippen molar-refractivity contribution in [1.29, 1.82) is 0 Å². The van der Waals surface area contributed by atoms with E-state index in [0.717, 1.165) is 0 Å². The van der Waals surface area contributed by atoms with Crippen molar-refractivity contribution in [1.82, 2.24) is 0 Å². The van der Waals surface area contributed by atoms with E-state index in [1.165, 1.54) is 0 Å². The van der Waals surface area contributed by atoms with E-state index in [-0.39, 0.29) is 12.3 Å². The first kappa shape index (κ1) is 10.5. The molecule has 5 nitrogen and oxygen atoms in total. The van der Waals surface area contributed by atoms with Crippen LogP contribution in [0.3, 0.4) is 0 Å². The molecule has 84 valence electrons. The summed E-state index contributed by atoms with van der Waals surface area (Å²) in [7, 11) is 0. The number of hydrogen-bond donors (Lipinski definition) is 2. The summed E-state index contributed by atoms with van der Waals surface area (Å²) >= 11 is 0. The van der Waals surface area contributed by atoms with Crippen molar-refractivity contribution in [2.45, 2.75) is 6.42 Å². The van der Waals surface area contributed by atoms with Crippen molar-refractivity contribution in [2.75, 3.05) is 17.2 Å². The minimum atomic E-state index is -0.431. The lowest BCUT2D eigenvalue weighted by Gasteiger charge is -2.16. The number of benzene rings is 1. The molecule has 2 rings (SSSR count). The van der Waals surface area contributed by atoms with Crippen molar-refractivity contribution in [3.63, 3.8) is 0 Å². The molecule has 1 aliphatic heterocycles. The predicted molar refractivity (Wildman–Crippen MR) is 60.5 cm³/mol. The van der Waals surface area contributed by atoms with Crippen molar-refractivity contribution < 1.29 is 9.59 Å². The Labute approximate surface area is 93.0 Å². The Bertz CT molecular complexity index is 445. The van der Waals surface area contributed by atoms with Gasteiger partial charge in [-0.1, -0.05) is 6.07 Å². The topological polar surface area (TPSA) is 89.4 Å². The molecule has 1 saturated heterocycles. The summed E-state index contributed by atoms with van der Waals surface area (Å²) in [4.78, 5) is 24.2. The molecule has 0 radical (unpaired) electrons. The summed E-state index contributed by atoms with van der Waals surface area (Å²) in [6.45, 7) is 0.345. The zero-order chi connectivity index (χ0) is 11.7. The van der Waals surface area contributed by atoms with Crippen LogP contribution in [0.2, 0.25) is 0 Å². The van der Waals surface area contributed by atoms with Gasteiger partial charge in [0.2, 0.25) is 11.8 Å². The van der Waals surface area contributed by atoms with Gasteiger partial charge in [-0.05, 0) is 18.2 Å². The van der Waals surface area contributed by atoms with Gasteiger partial charge < -0.3 is 16.4 Å². The van der Waals surface area contributed by atoms with Gasteiger partial charge in [0, 0.05) is 24.3 Å². The van der Waals surface area contributed by atoms with Crippen LogP contribution in [0.1, 0.15) is 6.42 Å². The minimum Gasteiger partial charge on any atom is -0.399 e. The van der Waals surface area contributed by atoms with Crippen molar-refractivity contribution in [2.24, 2.45) is 11.7 Å². The van der Waals surface area contributed by atoms with Crippen LogP contribution in [0.4, 0.5) is 11.4 Å². The smallest absolute Gasteiger partial charge is 0.227 e. The Hall–Kier alpha value is -2.04. The molecule has 0 aromatic heterocycles. The predicted octanol–water partition coefficient (Wildman–Crippen LogP) is 0.107. The lowest BCUT2D eigenvalue weighted by atomic mass is 10.1. The Balaban J connectivity index is 2.23. The molecule has 4 N–H and O–H groups in total. The normalized spacial score (nSPS) is 20.1. The molecule has 2 amide bonds. The molecule has 1 aromatic carbocycles. The summed E-state index contributed by atoms with van der Waals surface area (Å²) in [6, 6.07) is 7.02. The Morgan fingerprint density at radius 2 is 2.19 bits per heavy atom. The Kier molecular flexibility index (Phi) is 2.52. The average molecular weight is 219 g/mol. The molecule has 1 aromatic rings. The number of amides is 2. The zero-order valence-corrected chi connectivity index (χ0v) is 8.72. The molecule has 16 heavy (non-hydrogen) atoms. The van der Waals surface area contributed by atoms with Gasteiger partial charge >= 0.3 is 0 Å². The Morgan fingerprint density at radius 1 is 1.44 bits per heavy atom. The van der Waals surface area contributed by atoms with Crippen LogP contribution in [0, 0.1) is 5.92 Å². The van der Waals surface area contributed by atoms with Crippen molar-refractivity contribution in [3.8, 4) is 0 Å². The molecular formula is C11H13N3O2. The van der Waals surface area contributed by atoms with E-state index >= 15 is 0 Å². The van der Waals surface area contributed by atoms with Gasteiger partial charge in [-0.15, -0.1) is 0 Å². The van der Waals surface area contributed by atoms with Crippen LogP contribution in [0.25, 0.3) is 0 Å². The van der Waals surface area contributed by atoms with Gasteiger partial charge in [-0.3, -0.25) is 9.59 Å². The number of carbonyl (C=O) groups excluding carboxylic acids is 2. The fourth-order valence-corrected chi connectivity index (χ4v) is 1.84. The average Bonchev–Trinajstić information content (AvgIpc) is 2.60. The van der Waals surface area contributed by atoms with Crippen LogP contribution in [0.5, 0.6) is 0 Å². The van der Waals surface area contributed by atoms with E-state index in [1.54, 1.807) is 29.2 Å². The lowest BCUT2D eigenvalue weighted by Crippen LogP contribution is -2.28. The van der Waals surface area contributed by atoms with Crippen LogP contribution < -0.4 is 16.4 Å². The summed E-state index contributed by atoms with van der Waals surface area (Å²) in [5.74, 6) is -0.914. The monoisotopic (exact) mass is 219 g/mol. The number of nitrogen functional groups attached to an aromatic ring is 1. The van der Waals surface area contributed by atoms with Crippen LogP contribution in [-0.4, -0.2) is 18.4 Å². The van der Waals surface area contributed by atoms with E-state index in [0.29, 0.717) is 17.9 Å². The first-order chi connectivity index (χ1) is 7.58. The van der Waals surface area contributed by atoms with E-state index in [1.807, 2.05) is 0 Å². The summed E-state index contributed by atoms with van der Waals surface area (Å²) in [5, 5.41) is 0. The van der Waals surface area contributed by atoms with E-state index < -0.39 is 11.8 Å². The molecule has 0 spiro atoms. The molecule has 5 heteroatoms. The second-order valence-corrected chi connectivity index (χ2v) is 3.90. The van der Waals surface area contributed by atoms with Crippen LogP contribution in [-0.2, 0) is 9.59 Å². The third-order valence-electron chi connectivity index (χ3n) is 2.71. The van der Waals surface area contributed by atoms with E-state index in [9.17, 15) is 9.59 Å². The molecule has 1 fully saturated rings. The Morgan fingerprint density at radius 3 is 2.75 bits per heavy atom. The van der Waals surface area contributed by atoms with Gasteiger partial charge in [0.05, 0.1) is 5.92 Å². The van der Waals surface area contributed by atoms with Crippen LogP contribution >= 0.6 is 0 Å². The summed E-state index contributed by atoms with van der Waals surface area (Å²) in [5.41, 5.74) is 12.1. The maximum Gasteiger partial charge on any atom is 0.227 e. The number of carbonyl (C=O) groups is 2. The summed E-state index contributed by atoms with van der Waals surface area (Å²) < 4.78 is 0. The maximum absolute atomic E-state index is 11.7. The maximum atomic E-state index is 11.7. The number of anilines is 2. The number of rotatable bonds is 2. The fourth-order valence-electron chi connectivity index (χ4n) is 1.84. The number of primary amides is 1. The van der Waals surface area contributed by atoms with Gasteiger partial charge in [0.1, 0.15) is 0 Å². The SMILES string of the molecule is NC(=O)C1CC(=O)N(c2cccc(N)c2)C1. The number of nitrogens with zero attached hydrogens (tertiary/aromatic N) is 1. The van der Waals surface area contributed by atoms with E-state index in [4.69, 9.17) is 11.5 Å². The fraction of sp³-hybridized carbons (Fsp3) is 0.273. The highest BCUT2D eigenvalue weighted by Crippen LogP contribution is 2.25. The highest BCUT2D eigenvalue weighted by atomic mass is 16.2. The van der Waals surface area contributed by atoms with Gasteiger partial charge in [0.15, 0.2) is 0 Å². The molecule has 0 saturated carbocycles. The molecule has 1 unspecified atom stereocenters. The van der Waals surface area contributed by atoms with Crippen molar-refractivity contribution >= 4 is 23.2 Å². The van der Waals surface area contributed by atoms with Gasteiger partial charge in [0.25, 0.3) is 0 Å². The highest BCUT2D eigenvalue weighted by molar-refractivity contribution is 6.00. The summed E-state index contributed by atoms with van der Waals surface area (Å²) in [6.07, 6.45) is 0.185. The highest BCUT2D eigenvalue weighted by Gasteiger charge is 2.33. The quantitative estimate of drug-likeness (QED) is 0.691. The first-order valence-electron chi connectivity index (χ1n) is 5.03. The zero-order valence-electron chi connectivity index (χ0n) is 8.72. The molecular weight excluding hydrogens is 206 g/mol. The van der Waals surface area contributed by atoms with Gasteiger partial charge in [-0.2, -0.15) is 0 Å². The lowest BCUT2D eigenvalue weighted by molar-refractivity contribution is -0.123. The number of nitrogens with two attached hydrogens (primary N) is 2. The third-order valence-corrected chi connectivity index (χ3v) is 2.71. The molecule has 0 aliphatic carbocycles. The molecule has 1 atom stereocenters. The van der Waals surface area contributed by atoms with Gasteiger partial charge in [-0.25, -0.2) is 0 Å². The second kappa shape index (κ2) is 3.84. The largest absolute Gasteiger partial charge is 0.399 e.